The number of aromatic nitrogens is 4. The van der Waals surface area contributed by atoms with Crippen LogP contribution in [0.2, 0.25) is 0 Å². The van der Waals surface area contributed by atoms with Gasteiger partial charge in [-0.3, -0.25) is 0 Å². The molecule has 14 heavy (non-hydrogen) atoms. The second-order valence-corrected chi connectivity index (χ2v) is 2.56. The van der Waals surface area contributed by atoms with Gasteiger partial charge in [-0.25, -0.2) is 19.3 Å². The van der Waals surface area contributed by atoms with Gasteiger partial charge < -0.3 is 4.74 Å². The molecule has 0 aliphatic carbocycles. The summed E-state index contributed by atoms with van der Waals surface area (Å²) in [6.07, 6.45) is 4.26. The number of nitrogens with zero attached hydrogens (tertiary/aromatic N) is 4. The topological polar surface area (TPSA) is 69.4 Å². The van der Waals surface area contributed by atoms with E-state index in [-0.39, 0.29) is 0 Å². The van der Waals surface area contributed by atoms with E-state index in [2.05, 4.69) is 15.1 Å². The third-order valence-electron chi connectivity index (χ3n) is 1.69. The van der Waals surface area contributed by atoms with Crippen molar-refractivity contribution in [2.45, 2.75) is 6.92 Å². The molecule has 0 bridgehead atoms. The van der Waals surface area contributed by atoms with E-state index in [1.165, 1.54) is 23.4 Å². The van der Waals surface area contributed by atoms with E-state index >= 15 is 0 Å². The average Bonchev–Trinajstić information content (AvgIpc) is 2.65. The van der Waals surface area contributed by atoms with Gasteiger partial charge >= 0.3 is 5.97 Å². The largest absolute Gasteiger partial charge is 0.462 e. The first-order chi connectivity index (χ1) is 6.83. The molecular formula is C8H8N4O2. The number of rotatable bonds is 2. The minimum absolute atomic E-state index is 0.326. The van der Waals surface area contributed by atoms with Gasteiger partial charge in [0.05, 0.1) is 6.61 Å². The van der Waals surface area contributed by atoms with Crippen LogP contribution in [0.4, 0.5) is 0 Å². The lowest BCUT2D eigenvalue weighted by Crippen LogP contribution is -2.07. The Morgan fingerprint density at radius 3 is 3.29 bits per heavy atom. The van der Waals surface area contributed by atoms with Crippen molar-refractivity contribution in [1.82, 2.24) is 19.6 Å². The summed E-state index contributed by atoms with van der Waals surface area (Å²) in [6.45, 7) is 2.07. The Hall–Kier alpha value is -1.98. The van der Waals surface area contributed by atoms with E-state index < -0.39 is 5.97 Å². The van der Waals surface area contributed by atoms with Crippen LogP contribution in [0.1, 0.15) is 17.3 Å². The van der Waals surface area contributed by atoms with E-state index in [4.69, 9.17) is 4.74 Å². The van der Waals surface area contributed by atoms with Crippen LogP contribution in [0.5, 0.6) is 0 Å². The molecule has 0 saturated heterocycles. The molecule has 0 fully saturated rings. The maximum absolute atomic E-state index is 11.4. The first-order valence-corrected chi connectivity index (χ1v) is 4.13. The number of esters is 1. The molecule has 0 unspecified atom stereocenters. The molecule has 0 saturated carbocycles. The highest BCUT2D eigenvalue weighted by molar-refractivity contribution is 5.95. The molecule has 72 valence electrons. The number of hydrogen-bond donors (Lipinski definition) is 0. The Labute approximate surface area is 79.5 Å². The van der Waals surface area contributed by atoms with Crippen molar-refractivity contribution in [3.63, 3.8) is 0 Å². The van der Waals surface area contributed by atoms with Crippen LogP contribution in [0.3, 0.4) is 0 Å². The van der Waals surface area contributed by atoms with Gasteiger partial charge in [0.25, 0.3) is 0 Å². The number of carbonyl (C=O) groups excluding carboxylic acids is 1. The van der Waals surface area contributed by atoms with Crippen molar-refractivity contribution in [3.8, 4) is 0 Å². The van der Waals surface area contributed by atoms with E-state index in [1.54, 1.807) is 6.92 Å². The summed E-state index contributed by atoms with van der Waals surface area (Å²) >= 11 is 0. The number of ether oxygens (including phenoxy) is 1. The summed E-state index contributed by atoms with van der Waals surface area (Å²) in [5.41, 5.74) is 0.783. The smallest absolute Gasteiger partial charge is 0.343 e. The number of fused-ring (bicyclic) bond motifs is 1. The van der Waals surface area contributed by atoms with Crippen LogP contribution in [0.25, 0.3) is 5.65 Å². The third-order valence-corrected chi connectivity index (χ3v) is 1.69. The maximum atomic E-state index is 11.4. The first kappa shape index (κ1) is 8.61. The second kappa shape index (κ2) is 3.41. The number of hydrogen-bond acceptors (Lipinski definition) is 5. The lowest BCUT2D eigenvalue weighted by atomic mass is 10.3. The SMILES string of the molecule is CCOC(=O)c1cncn2ncnc12. The quantitative estimate of drug-likeness (QED) is 0.640. The fraction of sp³-hybridized carbons (Fsp3) is 0.250. The minimum Gasteiger partial charge on any atom is -0.462 e. The lowest BCUT2D eigenvalue weighted by Gasteiger charge is -2.01. The zero-order valence-electron chi connectivity index (χ0n) is 7.54. The first-order valence-electron chi connectivity index (χ1n) is 4.13. The van der Waals surface area contributed by atoms with E-state index in [0.717, 1.165) is 0 Å². The van der Waals surface area contributed by atoms with Gasteiger partial charge in [0.15, 0.2) is 5.65 Å². The standard InChI is InChI=1S/C8H8N4O2/c1-2-14-8(13)6-3-9-5-12-7(6)10-4-11-12/h3-5H,2H2,1H3. The molecular weight excluding hydrogens is 184 g/mol. The highest BCUT2D eigenvalue weighted by atomic mass is 16.5. The van der Waals surface area contributed by atoms with Crippen LogP contribution in [-0.4, -0.2) is 32.2 Å². The molecule has 2 rings (SSSR count). The monoisotopic (exact) mass is 192 g/mol. The van der Waals surface area contributed by atoms with Crippen LogP contribution in [-0.2, 0) is 4.74 Å². The summed E-state index contributed by atoms with van der Waals surface area (Å²) in [5, 5.41) is 3.86. The summed E-state index contributed by atoms with van der Waals surface area (Å²) in [7, 11) is 0. The Morgan fingerprint density at radius 1 is 1.64 bits per heavy atom. The van der Waals surface area contributed by atoms with E-state index in [0.29, 0.717) is 17.8 Å². The number of carbonyl (C=O) groups is 1. The molecule has 6 nitrogen and oxygen atoms in total. The molecule has 0 atom stereocenters. The van der Waals surface area contributed by atoms with E-state index in [1.807, 2.05) is 0 Å². The Morgan fingerprint density at radius 2 is 2.50 bits per heavy atom. The molecule has 0 aliphatic rings. The molecule has 2 aromatic rings. The van der Waals surface area contributed by atoms with Crippen molar-refractivity contribution in [3.05, 3.63) is 24.4 Å². The summed E-state index contributed by atoms with van der Waals surface area (Å²) in [6, 6.07) is 0. The lowest BCUT2D eigenvalue weighted by molar-refractivity contribution is 0.0527. The van der Waals surface area contributed by atoms with Crippen LogP contribution >= 0.6 is 0 Å². The molecule has 6 heteroatoms. The van der Waals surface area contributed by atoms with Crippen LogP contribution in [0.15, 0.2) is 18.9 Å². The Balaban J connectivity index is 2.50. The molecule has 2 heterocycles. The van der Waals surface area contributed by atoms with Crippen molar-refractivity contribution < 1.29 is 9.53 Å². The van der Waals surface area contributed by atoms with Gasteiger partial charge in [-0.05, 0) is 6.92 Å². The molecule has 0 spiro atoms. The van der Waals surface area contributed by atoms with Crippen LogP contribution in [0, 0.1) is 0 Å². The fourth-order valence-electron chi connectivity index (χ4n) is 1.11. The Kier molecular flexibility index (Phi) is 2.10. The second-order valence-electron chi connectivity index (χ2n) is 2.56. The minimum atomic E-state index is -0.432. The van der Waals surface area contributed by atoms with Gasteiger partial charge in [0.1, 0.15) is 18.2 Å². The van der Waals surface area contributed by atoms with Gasteiger partial charge in [-0.2, -0.15) is 5.10 Å². The van der Waals surface area contributed by atoms with E-state index in [9.17, 15) is 4.79 Å². The third kappa shape index (κ3) is 1.30. The van der Waals surface area contributed by atoms with Gasteiger partial charge in [-0.15, -0.1) is 0 Å². The highest BCUT2D eigenvalue weighted by Gasteiger charge is 2.12. The normalized spacial score (nSPS) is 10.4. The summed E-state index contributed by atoms with van der Waals surface area (Å²) < 4.78 is 6.27. The van der Waals surface area contributed by atoms with Gasteiger partial charge in [-0.1, -0.05) is 0 Å². The van der Waals surface area contributed by atoms with Crippen molar-refractivity contribution in [1.29, 1.82) is 0 Å². The molecule has 0 aromatic carbocycles. The fourth-order valence-corrected chi connectivity index (χ4v) is 1.11. The molecule has 2 aromatic heterocycles. The highest BCUT2D eigenvalue weighted by Crippen LogP contribution is 2.06. The zero-order chi connectivity index (χ0) is 9.97. The average molecular weight is 192 g/mol. The predicted octanol–water partition coefficient (Wildman–Crippen LogP) is 0.301. The zero-order valence-corrected chi connectivity index (χ0v) is 7.54. The summed E-state index contributed by atoms with van der Waals surface area (Å²) in [4.78, 5) is 19.2. The maximum Gasteiger partial charge on any atom is 0.343 e. The molecule has 0 radical (unpaired) electrons. The Bertz CT molecular complexity index is 465. The van der Waals surface area contributed by atoms with Crippen molar-refractivity contribution in [2.24, 2.45) is 0 Å². The van der Waals surface area contributed by atoms with Crippen molar-refractivity contribution >= 4 is 11.6 Å². The van der Waals surface area contributed by atoms with Crippen LogP contribution < -0.4 is 0 Å². The molecule has 0 aliphatic heterocycles. The van der Waals surface area contributed by atoms with Gasteiger partial charge in [0, 0.05) is 6.20 Å². The van der Waals surface area contributed by atoms with Crippen molar-refractivity contribution in [2.75, 3.05) is 6.61 Å². The summed E-state index contributed by atoms with van der Waals surface area (Å²) in [5.74, 6) is -0.432. The molecule has 0 N–H and O–H groups in total. The van der Waals surface area contributed by atoms with Gasteiger partial charge in [0.2, 0.25) is 0 Å². The predicted molar refractivity (Wildman–Crippen MR) is 46.7 cm³/mol. The molecule has 0 amide bonds.